The fourth-order valence-electron chi connectivity index (χ4n) is 2.13. The summed E-state index contributed by atoms with van der Waals surface area (Å²) in [5.74, 6) is 1.34. The van der Waals surface area contributed by atoms with Gasteiger partial charge in [0.25, 0.3) is 5.89 Å². The third kappa shape index (κ3) is 4.21. The molecule has 0 aliphatic heterocycles. The molecule has 0 unspecified atom stereocenters. The van der Waals surface area contributed by atoms with E-state index in [0.717, 1.165) is 16.3 Å². The fraction of sp³-hybridized carbons (Fsp3) is 0.118. The van der Waals surface area contributed by atoms with Crippen LogP contribution in [-0.4, -0.2) is 16.4 Å². The first-order valence-corrected chi connectivity index (χ1v) is 8.24. The van der Waals surface area contributed by atoms with Gasteiger partial charge in [-0.3, -0.25) is 4.79 Å². The van der Waals surface area contributed by atoms with E-state index >= 15 is 0 Å². The number of hydrogen-bond acceptors (Lipinski definition) is 5. The minimum absolute atomic E-state index is 0.0883. The molecular formula is C17H12BrClN2O3. The fourth-order valence-corrected chi connectivity index (χ4v) is 2.72. The Bertz CT molecular complexity index is 867. The lowest BCUT2D eigenvalue weighted by molar-refractivity contribution is 0.111. The number of benzene rings is 2. The minimum Gasteiger partial charge on any atom is -0.483 e. The summed E-state index contributed by atoms with van der Waals surface area (Å²) in [6.07, 6.45) is 1.25. The highest BCUT2D eigenvalue weighted by atomic mass is 79.9. The van der Waals surface area contributed by atoms with Gasteiger partial charge >= 0.3 is 0 Å². The summed E-state index contributed by atoms with van der Waals surface area (Å²) in [7, 11) is 0. The zero-order chi connectivity index (χ0) is 16.9. The second-order valence-corrected chi connectivity index (χ2v) is 6.35. The van der Waals surface area contributed by atoms with Gasteiger partial charge in [-0.25, -0.2) is 0 Å². The zero-order valence-electron chi connectivity index (χ0n) is 12.4. The van der Waals surface area contributed by atoms with Crippen LogP contribution >= 0.6 is 27.5 Å². The van der Waals surface area contributed by atoms with Crippen molar-refractivity contribution in [3.05, 3.63) is 74.8 Å². The van der Waals surface area contributed by atoms with Crippen LogP contribution in [0.4, 0.5) is 0 Å². The molecule has 122 valence electrons. The molecule has 1 aromatic heterocycles. The normalized spacial score (nSPS) is 10.6. The van der Waals surface area contributed by atoms with Gasteiger partial charge in [0.05, 0.1) is 5.56 Å². The van der Waals surface area contributed by atoms with Crippen LogP contribution in [0.1, 0.15) is 27.6 Å². The summed E-state index contributed by atoms with van der Waals surface area (Å²) in [5.41, 5.74) is 1.44. The summed E-state index contributed by atoms with van der Waals surface area (Å²) in [4.78, 5) is 15.3. The van der Waals surface area contributed by atoms with Crippen molar-refractivity contribution in [3.8, 4) is 5.75 Å². The largest absolute Gasteiger partial charge is 0.483 e. The van der Waals surface area contributed by atoms with E-state index < -0.39 is 0 Å². The van der Waals surface area contributed by atoms with Crippen LogP contribution < -0.4 is 4.74 Å². The predicted octanol–water partition coefficient (Wildman–Crippen LogP) is 4.47. The van der Waals surface area contributed by atoms with Crippen LogP contribution in [0.2, 0.25) is 5.02 Å². The Hall–Kier alpha value is -2.18. The Morgan fingerprint density at radius 2 is 2.12 bits per heavy atom. The minimum atomic E-state index is 0.0883. The van der Waals surface area contributed by atoms with Gasteiger partial charge < -0.3 is 9.26 Å². The van der Waals surface area contributed by atoms with E-state index in [0.29, 0.717) is 34.5 Å². The summed E-state index contributed by atoms with van der Waals surface area (Å²) in [6, 6.07) is 12.7. The number of ether oxygens (including phenoxy) is 1. The molecule has 0 saturated heterocycles. The third-order valence-electron chi connectivity index (χ3n) is 3.21. The lowest BCUT2D eigenvalue weighted by Crippen LogP contribution is -1.99. The number of aromatic nitrogens is 2. The first-order valence-electron chi connectivity index (χ1n) is 7.07. The molecule has 0 N–H and O–H groups in total. The topological polar surface area (TPSA) is 65.2 Å². The summed E-state index contributed by atoms with van der Waals surface area (Å²) in [6.45, 7) is 0.0883. The van der Waals surface area contributed by atoms with Gasteiger partial charge in [-0.2, -0.15) is 4.98 Å². The van der Waals surface area contributed by atoms with Crippen LogP contribution in [0.3, 0.4) is 0 Å². The molecule has 0 saturated carbocycles. The molecule has 0 aliphatic rings. The maximum atomic E-state index is 11.1. The summed E-state index contributed by atoms with van der Waals surface area (Å²) >= 11 is 9.27. The first kappa shape index (κ1) is 16.7. The van der Waals surface area contributed by atoms with Gasteiger partial charge in [-0.05, 0) is 35.9 Å². The molecule has 0 spiro atoms. The number of carbonyl (C=O) groups is 1. The number of halogens is 2. The van der Waals surface area contributed by atoms with Gasteiger partial charge in [0.1, 0.15) is 5.75 Å². The van der Waals surface area contributed by atoms with Gasteiger partial charge in [0, 0.05) is 15.9 Å². The van der Waals surface area contributed by atoms with Crippen molar-refractivity contribution in [2.75, 3.05) is 0 Å². The third-order valence-corrected chi connectivity index (χ3v) is 3.94. The quantitative estimate of drug-likeness (QED) is 0.564. The number of nitrogens with zero attached hydrogens (tertiary/aromatic N) is 2. The molecule has 0 fully saturated rings. The van der Waals surface area contributed by atoms with E-state index in [9.17, 15) is 4.79 Å². The zero-order valence-corrected chi connectivity index (χ0v) is 14.8. The lowest BCUT2D eigenvalue weighted by atomic mass is 10.1. The van der Waals surface area contributed by atoms with Gasteiger partial charge in [0.2, 0.25) is 0 Å². The molecule has 2 aromatic carbocycles. The molecular weight excluding hydrogens is 396 g/mol. The van der Waals surface area contributed by atoms with Gasteiger partial charge in [0.15, 0.2) is 18.7 Å². The van der Waals surface area contributed by atoms with Crippen LogP contribution in [-0.2, 0) is 13.0 Å². The highest BCUT2D eigenvalue weighted by Gasteiger charge is 2.10. The van der Waals surface area contributed by atoms with Gasteiger partial charge in [-0.1, -0.05) is 44.8 Å². The van der Waals surface area contributed by atoms with Crippen LogP contribution in [0, 0.1) is 0 Å². The summed E-state index contributed by atoms with van der Waals surface area (Å²) < 4.78 is 11.6. The highest BCUT2D eigenvalue weighted by molar-refractivity contribution is 9.10. The molecule has 0 aliphatic carbocycles. The molecule has 0 atom stereocenters. The maximum absolute atomic E-state index is 11.1. The number of rotatable bonds is 6. The van der Waals surface area contributed by atoms with E-state index in [1.807, 2.05) is 24.3 Å². The summed E-state index contributed by atoms with van der Waals surface area (Å²) in [5, 5.41) is 4.59. The Labute approximate surface area is 151 Å². The molecule has 3 rings (SSSR count). The van der Waals surface area contributed by atoms with Crippen molar-refractivity contribution < 1.29 is 14.1 Å². The number of hydrogen-bond donors (Lipinski definition) is 0. The highest BCUT2D eigenvalue weighted by Crippen LogP contribution is 2.22. The Balaban J connectivity index is 1.65. The average Bonchev–Trinajstić information content (AvgIpc) is 3.01. The van der Waals surface area contributed by atoms with E-state index in [2.05, 4.69) is 26.1 Å². The lowest BCUT2D eigenvalue weighted by Gasteiger charge is -2.06. The second kappa shape index (κ2) is 7.59. The van der Waals surface area contributed by atoms with Crippen molar-refractivity contribution in [1.82, 2.24) is 10.1 Å². The van der Waals surface area contributed by atoms with Crippen LogP contribution in [0.5, 0.6) is 5.75 Å². The SMILES string of the molecule is O=Cc1cc(Br)ccc1OCc1nc(Cc2cccc(Cl)c2)no1. The average molecular weight is 408 g/mol. The Kier molecular flexibility index (Phi) is 5.27. The van der Waals surface area contributed by atoms with Crippen LogP contribution in [0.15, 0.2) is 51.5 Å². The van der Waals surface area contributed by atoms with Crippen molar-refractivity contribution in [1.29, 1.82) is 0 Å². The molecule has 24 heavy (non-hydrogen) atoms. The molecule has 7 heteroatoms. The molecule has 0 bridgehead atoms. The molecule has 0 amide bonds. The molecule has 5 nitrogen and oxygen atoms in total. The van der Waals surface area contributed by atoms with Crippen molar-refractivity contribution in [2.45, 2.75) is 13.0 Å². The maximum Gasteiger partial charge on any atom is 0.264 e. The molecule has 1 heterocycles. The van der Waals surface area contributed by atoms with Crippen molar-refractivity contribution in [2.24, 2.45) is 0 Å². The van der Waals surface area contributed by atoms with Crippen LogP contribution in [0.25, 0.3) is 0 Å². The Morgan fingerprint density at radius 3 is 2.92 bits per heavy atom. The predicted molar refractivity (Wildman–Crippen MR) is 92.4 cm³/mol. The number of carbonyl (C=O) groups excluding carboxylic acids is 1. The standard InChI is InChI=1S/C17H12BrClN2O3/c18-13-4-5-15(12(8-13)9-22)23-10-17-20-16(21-24-17)7-11-2-1-3-14(19)6-11/h1-6,8-9H,7,10H2. The van der Waals surface area contributed by atoms with E-state index in [1.54, 1.807) is 18.2 Å². The van der Waals surface area contributed by atoms with Crippen molar-refractivity contribution >= 4 is 33.8 Å². The molecule has 3 aromatic rings. The van der Waals surface area contributed by atoms with E-state index in [-0.39, 0.29) is 6.61 Å². The van der Waals surface area contributed by atoms with E-state index in [4.69, 9.17) is 20.9 Å². The second-order valence-electron chi connectivity index (χ2n) is 5.00. The monoisotopic (exact) mass is 406 g/mol. The first-order chi connectivity index (χ1) is 11.6. The van der Waals surface area contributed by atoms with Gasteiger partial charge in [-0.15, -0.1) is 0 Å². The smallest absolute Gasteiger partial charge is 0.264 e. The number of aldehydes is 1. The van der Waals surface area contributed by atoms with E-state index in [1.165, 1.54) is 0 Å². The Morgan fingerprint density at radius 1 is 1.25 bits per heavy atom. The molecule has 0 radical (unpaired) electrons. The van der Waals surface area contributed by atoms with Crippen molar-refractivity contribution in [3.63, 3.8) is 0 Å².